The number of hydrazone groups is 1. The van der Waals surface area contributed by atoms with Gasteiger partial charge in [-0.15, -0.1) is 0 Å². The van der Waals surface area contributed by atoms with Crippen molar-refractivity contribution < 1.29 is 17.9 Å². The van der Waals surface area contributed by atoms with Crippen LogP contribution < -0.4 is 14.5 Å². The Hall–Kier alpha value is -3.56. The second-order valence-electron chi connectivity index (χ2n) is 8.23. The normalized spacial score (nSPS) is 11.4. The number of rotatable bonds is 10. The SMILES string of the molecule is O=C(CN(c1cccc(Cl)c1)S(=O)(=O)c1ccc(Cl)cc1)N/N=C\c1ccc(OCc2cccc(Cl)c2)cc1. The fourth-order valence-electron chi connectivity index (χ4n) is 3.47. The number of halogens is 3. The van der Waals surface area contributed by atoms with Crippen LogP contribution in [0.1, 0.15) is 11.1 Å². The van der Waals surface area contributed by atoms with Crippen LogP contribution in [0.15, 0.2) is 107 Å². The fraction of sp³-hybridized carbons (Fsp3) is 0.0714. The molecule has 0 fully saturated rings. The van der Waals surface area contributed by atoms with E-state index in [4.69, 9.17) is 39.5 Å². The largest absolute Gasteiger partial charge is 0.489 e. The molecule has 0 unspecified atom stereocenters. The Bertz CT molecular complexity index is 1580. The highest BCUT2D eigenvalue weighted by Crippen LogP contribution is 2.26. The van der Waals surface area contributed by atoms with Crippen molar-refractivity contribution in [3.05, 3.63) is 123 Å². The van der Waals surface area contributed by atoms with Gasteiger partial charge in [-0.05, 0) is 90.0 Å². The number of carbonyl (C=O) groups is 1. The van der Waals surface area contributed by atoms with Gasteiger partial charge < -0.3 is 4.74 Å². The molecule has 4 aromatic rings. The second kappa shape index (κ2) is 13.0. The first-order valence-electron chi connectivity index (χ1n) is 11.5. The fourth-order valence-corrected chi connectivity index (χ4v) is 5.40. The van der Waals surface area contributed by atoms with Gasteiger partial charge in [-0.25, -0.2) is 13.8 Å². The van der Waals surface area contributed by atoms with Crippen molar-refractivity contribution in [1.82, 2.24) is 5.43 Å². The van der Waals surface area contributed by atoms with Gasteiger partial charge >= 0.3 is 0 Å². The average molecular weight is 603 g/mol. The van der Waals surface area contributed by atoms with Crippen LogP contribution in [0.3, 0.4) is 0 Å². The third-order valence-corrected chi connectivity index (χ3v) is 7.87. The van der Waals surface area contributed by atoms with Crippen molar-refractivity contribution in [1.29, 1.82) is 0 Å². The van der Waals surface area contributed by atoms with Gasteiger partial charge in [-0.2, -0.15) is 5.10 Å². The highest BCUT2D eigenvalue weighted by molar-refractivity contribution is 7.92. The molecule has 0 radical (unpaired) electrons. The predicted octanol–water partition coefficient (Wildman–Crippen LogP) is 6.57. The first kappa shape index (κ1) is 28.4. The third kappa shape index (κ3) is 7.97. The standard InChI is InChI=1S/C28H22Cl3N3O4S/c29-22-9-13-27(14-10-22)39(36,37)34(25-6-2-5-24(31)16-25)18-28(35)33-32-17-20-7-11-26(12-8-20)38-19-21-3-1-4-23(30)15-21/h1-17H,18-19H2,(H,33,35)/b32-17-. The lowest BCUT2D eigenvalue weighted by atomic mass is 10.2. The van der Waals surface area contributed by atoms with Crippen LogP contribution in [0.5, 0.6) is 5.75 Å². The summed E-state index contributed by atoms with van der Waals surface area (Å²) in [5.74, 6) is 0.00553. The van der Waals surface area contributed by atoms with E-state index in [9.17, 15) is 13.2 Å². The maximum Gasteiger partial charge on any atom is 0.264 e. The third-order valence-electron chi connectivity index (χ3n) is 5.36. The monoisotopic (exact) mass is 601 g/mol. The number of nitrogens with one attached hydrogen (secondary N) is 1. The molecule has 0 heterocycles. The molecule has 1 N–H and O–H groups in total. The highest BCUT2D eigenvalue weighted by Gasteiger charge is 2.27. The number of anilines is 1. The van der Waals surface area contributed by atoms with Gasteiger partial charge in [-0.3, -0.25) is 9.10 Å². The van der Waals surface area contributed by atoms with Gasteiger partial charge in [0.05, 0.1) is 16.8 Å². The zero-order chi connectivity index (χ0) is 27.8. The van der Waals surface area contributed by atoms with Crippen molar-refractivity contribution in [2.24, 2.45) is 5.10 Å². The molecular weight excluding hydrogens is 581 g/mol. The summed E-state index contributed by atoms with van der Waals surface area (Å²) in [5.41, 5.74) is 4.24. The number of hydrogen-bond donors (Lipinski definition) is 1. The van der Waals surface area contributed by atoms with Crippen LogP contribution in [0.2, 0.25) is 15.1 Å². The second-order valence-corrected chi connectivity index (χ2v) is 11.4. The van der Waals surface area contributed by atoms with E-state index >= 15 is 0 Å². The first-order chi connectivity index (χ1) is 18.7. The minimum atomic E-state index is -4.11. The lowest BCUT2D eigenvalue weighted by molar-refractivity contribution is -0.119. The minimum Gasteiger partial charge on any atom is -0.489 e. The zero-order valence-corrected chi connectivity index (χ0v) is 23.4. The molecule has 7 nitrogen and oxygen atoms in total. The summed E-state index contributed by atoms with van der Waals surface area (Å²) in [6.07, 6.45) is 1.44. The first-order valence-corrected chi connectivity index (χ1v) is 14.1. The maximum atomic E-state index is 13.4. The quantitative estimate of drug-likeness (QED) is 0.164. The Kier molecular flexibility index (Phi) is 9.48. The minimum absolute atomic E-state index is 0.0270. The Morgan fingerprint density at radius 3 is 2.18 bits per heavy atom. The van der Waals surface area contributed by atoms with Crippen LogP contribution in [0, 0.1) is 0 Å². The van der Waals surface area contributed by atoms with Crippen LogP contribution >= 0.6 is 34.8 Å². The molecule has 39 heavy (non-hydrogen) atoms. The molecule has 0 atom stereocenters. The summed E-state index contributed by atoms with van der Waals surface area (Å²) in [7, 11) is -4.11. The number of ether oxygens (including phenoxy) is 1. The number of hydrogen-bond acceptors (Lipinski definition) is 5. The van der Waals surface area contributed by atoms with Crippen molar-refractivity contribution in [2.75, 3.05) is 10.8 Å². The van der Waals surface area contributed by atoms with Gasteiger partial charge in [0.25, 0.3) is 15.9 Å². The molecule has 0 aromatic heterocycles. The average Bonchev–Trinajstić information content (AvgIpc) is 2.91. The lowest BCUT2D eigenvalue weighted by Crippen LogP contribution is -2.39. The molecule has 0 aliphatic carbocycles. The molecule has 0 bridgehead atoms. The molecule has 0 saturated carbocycles. The molecule has 1 amide bonds. The van der Waals surface area contributed by atoms with Crippen molar-refractivity contribution >= 4 is 62.6 Å². The predicted molar refractivity (Wildman–Crippen MR) is 155 cm³/mol. The highest BCUT2D eigenvalue weighted by atomic mass is 35.5. The van der Waals surface area contributed by atoms with Crippen LogP contribution in [-0.2, 0) is 21.4 Å². The van der Waals surface area contributed by atoms with Gasteiger partial charge in [0.1, 0.15) is 18.9 Å². The van der Waals surface area contributed by atoms with Crippen LogP contribution in [-0.4, -0.2) is 27.1 Å². The molecular formula is C28H22Cl3N3O4S. The summed E-state index contributed by atoms with van der Waals surface area (Å²) in [4.78, 5) is 12.7. The summed E-state index contributed by atoms with van der Waals surface area (Å²) in [6, 6.07) is 26.4. The van der Waals surface area contributed by atoms with E-state index in [1.807, 2.05) is 18.2 Å². The summed E-state index contributed by atoms with van der Waals surface area (Å²) < 4.78 is 33.5. The maximum absolute atomic E-state index is 13.4. The topological polar surface area (TPSA) is 88.1 Å². The number of amides is 1. The smallest absolute Gasteiger partial charge is 0.264 e. The molecule has 4 aromatic carbocycles. The summed E-state index contributed by atoms with van der Waals surface area (Å²) in [5, 5.41) is 5.31. The molecule has 200 valence electrons. The van der Waals surface area contributed by atoms with Gasteiger partial charge in [0.15, 0.2) is 0 Å². The van der Waals surface area contributed by atoms with Gasteiger partial charge in [-0.1, -0.05) is 53.0 Å². The van der Waals surface area contributed by atoms with E-state index in [0.29, 0.717) is 33.0 Å². The van der Waals surface area contributed by atoms with E-state index in [1.54, 1.807) is 48.5 Å². The van der Waals surface area contributed by atoms with E-state index in [1.165, 1.54) is 36.5 Å². The van der Waals surface area contributed by atoms with E-state index in [2.05, 4.69) is 10.5 Å². The lowest BCUT2D eigenvalue weighted by Gasteiger charge is -2.23. The van der Waals surface area contributed by atoms with E-state index in [0.717, 1.165) is 9.87 Å². The Morgan fingerprint density at radius 1 is 0.846 bits per heavy atom. The summed E-state index contributed by atoms with van der Waals surface area (Å²) >= 11 is 18.0. The Balaban J connectivity index is 1.40. The Labute approximate surface area is 241 Å². The van der Waals surface area contributed by atoms with Crippen LogP contribution in [0.4, 0.5) is 5.69 Å². The van der Waals surface area contributed by atoms with Crippen molar-refractivity contribution in [2.45, 2.75) is 11.5 Å². The molecule has 0 spiro atoms. The van der Waals surface area contributed by atoms with Crippen molar-refractivity contribution in [3.63, 3.8) is 0 Å². The van der Waals surface area contributed by atoms with Crippen molar-refractivity contribution in [3.8, 4) is 5.75 Å². The van der Waals surface area contributed by atoms with E-state index < -0.39 is 22.5 Å². The Morgan fingerprint density at radius 2 is 1.51 bits per heavy atom. The molecule has 4 rings (SSSR count). The summed E-state index contributed by atoms with van der Waals surface area (Å²) in [6.45, 7) is -0.162. The molecule has 0 saturated heterocycles. The molecule has 0 aliphatic rings. The van der Waals surface area contributed by atoms with E-state index in [-0.39, 0.29) is 10.6 Å². The number of carbonyl (C=O) groups excluding carboxylic acids is 1. The number of benzene rings is 4. The molecule has 11 heteroatoms. The van der Waals surface area contributed by atoms with Crippen LogP contribution in [0.25, 0.3) is 0 Å². The molecule has 0 aliphatic heterocycles. The number of nitrogens with zero attached hydrogens (tertiary/aromatic N) is 2. The zero-order valence-electron chi connectivity index (χ0n) is 20.3. The van der Waals surface area contributed by atoms with Gasteiger partial charge in [0.2, 0.25) is 0 Å². The number of sulfonamides is 1. The van der Waals surface area contributed by atoms with Gasteiger partial charge in [0, 0.05) is 15.1 Å².